The molecule has 0 spiro atoms. The molecular formula is C15H15FN2O4S. The minimum Gasteiger partial charge on any atom is -0.258 e. The van der Waals surface area contributed by atoms with E-state index >= 15 is 0 Å². The predicted molar refractivity (Wildman–Crippen MR) is 82.9 cm³/mol. The van der Waals surface area contributed by atoms with Crippen molar-refractivity contribution in [1.82, 2.24) is 4.31 Å². The molecule has 2 aromatic rings. The molecule has 8 heteroatoms. The topological polar surface area (TPSA) is 80.5 Å². The monoisotopic (exact) mass is 338 g/mol. The summed E-state index contributed by atoms with van der Waals surface area (Å²) < 4.78 is 39.2. The zero-order valence-electron chi connectivity index (χ0n) is 12.6. The number of rotatable bonds is 5. The van der Waals surface area contributed by atoms with Crippen LogP contribution in [0.15, 0.2) is 47.4 Å². The van der Waals surface area contributed by atoms with Crippen molar-refractivity contribution < 1.29 is 17.7 Å². The molecule has 122 valence electrons. The van der Waals surface area contributed by atoms with Gasteiger partial charge in [-0.1, -0.05) is 18.2 Å². The Kier molecular flexibility index (Phi) is 4.76. The van der Waals surface area contributed by atoms with Gasteiger partial charge in [0.15, 0.2) is 0 Å². The lowest BCUT2D eigenvalue weighted by Gasteiger charge is -2.17. The number of nitro benzene ring substituents is 1. The summed E-state index contributed by atoms with van der Waals surface area (Å²) >= 11 is 0. The number of sulfonamides is 1. The fourth-order valence-electron chi connectivity index (χ4n) is 2.10. The molecule has 0 unspecified atom stereocenters. The van der Waals surface area contributed by atoms with Crippen LogP contribution in [-0.2, 0) is 16.6 Å². The van der Waals surface area contributed by atoms with Crippen LogP contribution in [-0.4, -0.2) is 24.7 Å². The van der Waals surface area contributed by atoms with Gasteiger partial charge in [-0.15, -0.1) is 0 Å². The lowest BCUT2D eigenvalue weighted by molar-refractivity contribution is -0.385. The third-order valence-electron chi connectivity index (χ3n) is 3.38. The van der Waals surface area contributed by atoms with Crippen LogP contribution in [0.5, 0.6) is 0 Å². The van der Waals surface area contributed by atoms with Crippen molar-refractivity contribution in [2.24, 2.45) is 0 Å². The van der Waals surface area contributed by atoms with E-state index in [0.717, 1.165) is 10.4 Å². The number of benzene rings is 2. The van der Waals surface area contributed by atoms with Gasteiger partial charge in [-0.2, -0.15) is 4.31 Å². The molecule has 0 amide bonds. The van der Waals surface area contributed by atoms with Crippen LogP contribution in [0, 0.1) is 22.9 Å². The van der Waals surface area contributed by atoms with Crippen LogP contribution in [0.1, 0.15) is 11.1 Å². The van der Waals surface area contributed by atoms with Crippen molar-refractivity contribution in [3.8, 4) is 0 Å². The molecule has 0 N–H and O–H groups in total. The normalized spacial score (nSPS) is 11.7. The zero-order valence-corrected chi connectivity index (χ0v) is 13.4. The van der Waals surface area contributed by atoms with Crippen LogP contribution in [0.3, 0.4) is 0 Å². The molecule has 0 aliphatic heterocycles. The molecule has 0 fully saturated rings. The van der Waals surface area contributed by atoms with Gasteiger partial charge in [0.25, 0.3) is 5.69 Å². The van der Waals surface area contributed by atoms with Crippen molar-refractivity contribution in [3.05, 3.63) is 69.5 Å². The minimum absolute atomic E-state index is 0.0399. The van der Waals surface area contributed by atoms with Gasteiger partial charge in [0, 0.05) is 25.2 Å². The standard InChI is InChI=1S/C15H15FN2O4S/c1-11-6-7-14(9-15(11)18(19)20)23(21,22)17(2)10-12-4-3-5-13(16)8-12/h3-9H,10H2,1-2H3. The van der Waals surface area contributed by atoms with Gasteiger partial charge in [-0.05, 0) is 30.7 Å². The van der Waals surface area contributed by atoms with E-state index in [2.05, 4.69) is 0 Å². The second-order valence-electron chi connectivity index (χ2n) is 5.10. The maximum atomic E-state index is 13.2. The molecule has 0 atom stereocenters. The Morgan fingerprint density at radius 3 is 2.52 bits per heavy atom. The third-order valence-corrected chi connectivity index (χ3v) is 5.18. The zero-order chi connectivity index (χ0) is 17.2. The quantitative estimate of drug-likeness (QED) is 0.620. The van der Waals surface area contributed by atoms with Crippen molar-refractivity contribution in [1.29, 1.82) is 0 Å². The van der Waals surface area contributed by atoms with E-state index in [-0.39, 0.29) is 17.1 Å². The van der Waals surface area contributed by atoms with Gasteiger partial charge < -0.3 is 0 Å². The molecule has 0 saturated heterocycles. The molecule has 2 aromatic carbocycles. The summed E-state index contributed by atoms with van der Waals surface area (Å²) in [6.45, 7) is 1.49. The Labute approximate surface area is 133 Å². The molecule has 0 heterocycles. The Bertz CT molecular complexity index is 852. The highest BCUT2D eigenvalue weighted by Gasteiger charge is 2.24. The Morgan fingerprint density at radius 2 is 1.91 bits per heavy atom. The lowest BCUT2D eigenvalue weighted by Crippen LogP contribution is -2.26. The van der Waals surface area contributed by atoms with Crippen molar-refractivity contribution in [3.63, 3.8) is 0 Å². The number of halogens is 1. The summed E-state index contributed by atoms with van der Waals surface area (Å²) in [7, 11) is -2.58. The fourth-order valence-corrected chi connectivity index (χ4v) is 3.28. The first-order valence-electron chi connectivity index (χ1n) is 6.67. The largest absolute Gasteiger partial charge is 0.273 e. The summed E-state index contributed by atoms with van der Waals surface area (Å²) in [6.07, 6.45) is 0. The summed E-state index contributed by atoms with van der Waals surface area (Å²) in [5, 5.41) is 11.0. The maximum Gasteiger partial charge on any atom is 0.273 e. The van der Waals surface area contributed by atoms with E-state index in [1.807, 2.05) is 0 Å². The second-order valence-corrected chi connectivity index (χ2v) is 7.14. The van der Waals surface area contributed by atoms with Gasteiger partial charge in [-0.3, -0.25) is 10.1 Å². The Morgan fingerprint density at radius 1 is 1.22 bits per heavy atom. The average Bonchev–Trinajstić information content (AvgIpc) is 2.47. The molecule has 0 bridgehead atoms. The first-order valence-corrected chi connectivity index (χ1v) is 8.11. The summed E-state index contributed by atoms with van der Waals surface area (Å²) in [5.41, 5.74) is 0.602. The first kappa shape index (κ1) is 17.0. The Hall–Kier alpha value is -2.32. The van der Waals surface area contributed by atoms with E-state index in [1.54, 1.807) is 6.07 Å². The minimum atomic E-state index is -3.92. The number of nitrogens with zero attached hydrogens (tertiary/aromatic N) is 2. The van der Waals surface area contributed by atoms with Crippen LogP contribution < -0.4 is 0 Å². The SMILES string of the molecule is Cc1ccc(S(=O)(=O)N(C)Cc2cccc(F)c2)cc1[N+](=O)[O-]. The Balaban J connectivity index is 2.34. The molecule has 0 aliphatic rings. The first-order chi connectivity index (χ1) is 10.7. The van der Waals surface area contributed by atoms with Crippen molar-refractivity contribution >= 4 is 15.7 Å². The summed E-state index contributed by atoms with van der Waals surface area (Å²) in [6, 6.07) is 9.34. The van der Waals surface area contributed by atoms with E-state index < -0.39 is 20.8 Å². The number of aryl methyl sites for hydroxylation is 1. The van der Waals surface area contributed by atoms with Gasteiger partial charge in [0.2, 0.25) is 10.0 Å². The lowest BCUT2D eigenvalue weighted by atomic mass is 10.2. The smallest absolute Gasteiger partial charge is 0.258 e. The molecule has 0 aromatic heterocycles. The van der Waals surface area contributed by atoms with Gasteiger partial charge in [0.1, 0.15) is 5.82 Å². The van der Waals surface area contributed by atoms with Crippen LogP contribution in [0.25, 0.3) is 0 Å². The van der Waals surface area contributed by atoms with Crippen LogP contribution in [0.4, 0.5) is 10.1 Å². The fraction of sp³-hybridized carbons (Fsp3) is 0.200. The van der Waals surface area contributed by atoms with Crippen LogP contribution >= 0.6 is 0 Å². The van der Waals surface area contributed by atoms with Gasteiger partial charge >= 0.3 is 0 Å². The third kappa shape index (κ3) is 3.72. The molecule has 0 saturated carbocycles. The van der Waals surface area contributed by atoms with E-state index in [1.165, 1.54) is 44.3 Å². The van der Waals surface area contributed by atoms with E-state index in [9.17, 15) is 22.9 Å². The highest BCUT2D eigenvalue weighted by atomic mass is 32.2. The average molecular weight is 338 g/mol. The predicted octanol–water partition coefficient (Wildman–Crippen LogP) is 2.86. The highest BCUT2D eigenvalue weighted by molar-refractivity contribution is 7.89. The van der Waals surface area contributed by atoms with E-state index in [0.29, 0.717) is 11.1 Å². The van der Waals surface area contributed by atoms with Gasteiger partial charge in [0.05, 0.1) is 9.82 Å². The molecular weight excluding hydrogens is 323 g/mol. The summed E-state index contributed by atoms with van der Waals surface area (Å²) in [4.78, 5) is 10.2. The van der Waals surface area contributed by atoms with Crippen molar-refractivity contribution in [2.75, 3.05) is 7.05 Å². The summed E-state index contributed by atoms with van der Waals surface area (Å²) in [5.74, 6) is -0.459. The van der Waals surface area contributed by atoms with E-state index in [4.69, 9.17) is 0 Å². The molecule has 2 rings (SSSR count). The number of hydrogen-bond donors (Lipinski definition) is 0. The highest BCUT2D eigenvalue weighted by Crippen LogP contribution is 2.24. The number of nitro groups is 1. The molecule has 0 radical (unpaired) electrons. The van der Waals surface area contributed by atoms with Gasteiger partial charge in [-0.25, -0.2) is 12.8 Å². The molecule has 0 aliphatic carbocycles. The molecule has 6 nitrogen and oxygen atoms in total. The molecule has 23 heavy (non-hydrogen) atoms. The van der Waals surface area contributed by atoms with Crippen molar-refractivity contribution in [2.45, 2.75) is 18.4 Å². The maximum absolute atomic E-state index is 13.2. The number of hydrogen-bond acceptors (Lipinski definition) is 4. The second kappa shape index (κ2) is 6.43. The van der Waals surface area contributed by atoms with Crippen LogP contribution in [0.2, 0.25) is 0 Å².